The molecule has 0 spiro atoms. The predicted molar refractivity (Wildman–Crippen MR) is 397 cm³/mol. The summed E-state index contributed by atoms with van der Waals surface area (Å²) in [4.78, 5) is 5.47. The molecule has 0 radical (unpaired) electrons. The van der Waals surface area contributed by atoms with Crippen LogP contribution in [0.1, 0.15) is 150 Å². The van der Waals surface area contributed by atoms with Crippen LogP contribution in [0.2, 0.25) is 0 Å². The Labute approximate surface area is 548 Å². The Morgan fingerprint density at radius 3 is 1.00 bits per heavy atom. The first-order valence-electron chi connectivity index (χ1n) is 26.3. The number of thiophene rings is 2. The van der Waals surface area contributed by atoms with Gasteiger partial charge in [-0.05, 0) is 85.1 Å². The van der Waals surface area contributed by atoms with Crippen molar-refractivity contribution in [2.75, 3.05) is 34.5 Å². The molecule has 0 bridgehead atoms. The van der Waals surface area contributed by atoms with Crippen molar-refractivity contribution < 1.29 is 0 Å². The van der Waals surface area contributed by atoms with Crippen molar-refractivity contribution in [3.05, 3.63) is 116 Å². The fourth-order valence-electron chi connectivity index (χ4n) is 7.83. The van der Waals surface area contributed by atoms with Gasteiger partial charge in [0.1, 0.15) is 0 Å². The van der Waals surface area contributed by atoms with Crippen molar-refractivity contribution in [2.24, 2.45) is 0 Å². The van der Waals surface area contributed by atoms with Gasteiger partial charge >= 0.3 is 0 Å². The zero-order chi connectivity index (χ0) is 52.1. The number of rotatable bonds is 28. The molecule has 22 heteroatoms. The summed E-state index contributed by atoms with van der Waals surface area (Å²) >= 11 is 45.0. The van der Waals surface area contributed by atoms with Gasteiger partial charge in [0, 0.05) is 36.6 Å². The molecule has 2 aromatic heterocycles. The highest BCUT2D eigenvalue weighted by atomic mass is 32.3. The second kappa shape index (κ2) is 33.2. The smallest absolute Gasteiger partial charge is 0.0718 e. The van der Waals surface area contributed by atoms with Gasteiger partial charge in [-0.1, -0.05) is 269 Å². The van der Waals surface area contributed by atoms with Crippen molar-refractivity contribution in [3.63, 3.8) is 0 Å². The van der Waals surface area contributed by atoms with Gasteiger partial charge in [-0.2, -0.15) is 0 Å². The van der Waals surface area contributed by atoms with Crippen LogP contribution in [0, 0.1) is 0 Å². The van der Waals surface area contributed by atoms with Crippen molar-refractivity contribution >= 4 is 276 Å². The van der Waals surface area contributed by atoms with E-state index in [0.29, 0.717) is 0 Å². The quantitative estimate of drug-likeness (QED) is 0.0742. The van der Waals surface area contributed by atoms with E-state index in [1.165, 1.54) is 217 Å². The van der Waals surface area contributed by atoms with Gasteiger partial charge in [0.05, 0.1) is 72.0 Å². The molecular formula is C54H62S22. The molecular weight excluding hydrogens is 1350 g/mol. The zero-order valence-electron chi connectivity index (χ0n) is 43.0. The molecule has 0 nitrogen and oxygen atoms in total. The molecule has 0 N–H and O–H groups in total. The third-order valence-corrected chi connectivity index (χ3v) is 43.0. The minimum atomic E-state index is 1.21. The van der Waals surface area contributed by atoms with Gasteiger partial charge < -0.3 is 0 Å². The molecule has 0 amide bonds. The lowest BCUT2D eigenvalue weighted by atomic mass is 10.2. The minimum absolute atomic E-state index is 1.21. The molecule has 0 aliphatic carbocycles. The monoisotopic (exact) mass is 1410 g/mol. The highest BCUT2D eigenvalue weighted by Gasteiger charge is 2.37. The summed E-state index contributed by atoms with van der Waals surface area (Å²) in [5.74, 6) is 7.40. The standard InChI is InChI=1S/C54H62S22/c1-5-9-13-17-25-55-41-42(56-26-18-14-10-6-2)70-51(69-41)53-73-47-48(74-53)64-37(63-47)31-33-21-23-35(61-33)39(40-67-45-46(68-40)60-30-29-59-45)36-24-22-34(62-36)32-38-65-49-50(66-38)76-54(75-49)52-71-43(57-27-19-15-11-7-3)44(72-52)58-28-20-16-12-8-4/h21-24,31-32H,5-20,25-30H2,1-4H3. The Morgan fingerprint density at radius 1 is 0.355 bits per heavy atom. The molecule has 2 aromatic rings. The van der Waals surface area contributed by atoms with E-state index in [1.54, 1.807) is 16.9 Å². The van der Waals surface area contributed by atoms with Crippen molar-refractivity contribution in [1.82, 2.24) is 0 Å². The number of unbranched alkanes of at least 4 members (excludes halogenated alkanes) is 12. The summed E-state index contributed by atoms with van der Waals surface area (Å²) in [6, 6.07) is 9.57. The first-order chi connectivity index (χ1) is 37.4. The van der Waals surface area contributed by atoms with Gasteiger partial charge in [-0.25, -0.2) is 0 Å². The van der Waals surface area contributed by atoms with Crippen LogP contribution in [0.5, 0.6) is 0 Å². The summed E-state index contributed by atoms with van der Waals surface area (Å²) in [6.07, 6.45) is 26.3. The van der Waals surface area contributed by atoms with Crippen LogP contribution >= 0.6 is 258 Å². The van der Waals surface area contributed by atoms with E-state index in [2.05, 4.69) is 182 Å². The summed E-state index contributed by atoms with van der Waals surface area (Å²) in [5, 5.41) is 0. The van der Waals surface area contributed by atoms with Crippen molar-refractivity contribution in [2.45, 2.75) is 130 Å². The zero-order valence-corrected chi connectivity index (χ0v) is 61.0. The molecule has 76 heavy (non-hydrogen) atoms. The van der Waals surface area contributed by atoms with Gasteiger partial charge in [0.15, 0.2) is 0 Å². The van der Waals surface area contributed by atoms with Gasteiger partial charge in [0.2, 0.25) is 0 Å². The van der Waals surface area contributed by atoms with Crippen LogP contribution in [0.4, 0.5) is 0 Å². The second-order valence-electron chi connectivity index (χ2n) is 17.8. The maximum atomic E-state index is 2.47. The third kappa shape index (κ3) is 17.7. The van der Waals surface area contributed by atoms with E-state index in [4.69, 9.17) is 0 Å². The summed E-state index contributed by atoms with van der Waals surface area (Å²) in [7, 11) is 0. The lowest BCUT2D eigenvalue weighted by molar-refractivity contribution is 0.707. The molecule has 0 fully saturated rings. The molecule has 10 heterocycles. The van der Waals surface area contributed by atoms with Gasteiger partial charge in [-0.15, -0.1) is 93.2 Å². The molecule has 0 saturated carbocycles. The fraction of sp³-hybridized carbons (Fsp3) is 0.481. The highest BCUT2D eigenvalue weighted by Crippen LogP contribution is 2.73. The molecule has 410 valence electrons. The normalized spacial score (nSPS) is 19.7. The molecule has 0 atom stereocenters. The number of thioether (sulfide) groups is 20. The predicted octanol–water partition coefficient (Wildman–Crippen LogP) is 28.1. The molecule has 0 aromatic carbocycles. The summed E-state index contributed by atoms with van der Waals surface area (Å²) in [5.41, 5.74) is 1.42. The first-order valence-corrected chi connectivity index (χ1v) is 45.3. The Hall–Kier alpha value is 3.80. The minimum Gasteiger partial charge on any atom is -0.136 e. The molecule has 8 aliphatic heterocycles. The van der Waals surface area contributed by atoms with Crippen LogP contribution in [0.15, 0.2) is 96.3 Å². The largest absolute Gasteiger partial charge is 0.136 e. The third-order valence-electron chi connectivity index (χ3n) is 11.7. The van der Waals surface area contributed by atoms with Gasteiger partial charge in [-0.3, -0.25) is 0 Å². The van der Waals surface area contributed by atoms with Crippen LogP contribution in [0.3, 0.4) is 0 Å². The van der Waals surface area contributed by atoms with E-state index in [1.807, 2.05) is 140 Å². The van der Waals surface area contributed by atoms with Crippen LogP contribution < -0.4 is 0 Å². The van der Waals surface area contributed by atoms with E-state index < -0.39 is 0 Å². The van der Waals surface area contributed by atoms with Crippen molar-refractivity contribution in [1.29, 1.82) is 0 Å². The first kappa shape index (κ1) is 62.8. The van der Waals surface area contributed by atoms with E-state index in [-0.39, 0.29) is 0 Å². The van der Waals surface area contributed by atoms with Crippen LogP contribution in [0.25, 0.3) is 17.7 Å². The maximum absolute atomic E-state index is 2.47. The Morgan fingerprint density at radius 2 is 0.671 bits per heavy atom. The molecule has 8 aliphatic rings. The van der Waals surface area contributed by atoms with E-state index in [0.717, 1.165) is 0 Å². The lowest BCUT2D eigenvalue weighted by Gasteiger charge is -2.08. The fourth-order valence-corrected chi connectivity index (χ4v) is 41.7. The Bertz CT molecular complexity index is 2450. The van der Waals surface area contributed by atoms with Crippen LogP contribution in [-0.2, 0) is 0 Å². The average molecular weight is 1420 g/mol. The Balaban J connectivity index is 0.772. The van der Waals surface area contributed by atoms with Crippen LogP contribution in [-0.4, -0.2) is 34.5 Å². The number of hydrogen-bond donors (Lipinski definition) is 0. The average Bonchev–Trinajstić information content (AvgIpc) is 4.28. The SMILES string of the molecule is CCCCCCSC1=C(SCCCCCC)SC(=C2SC3=C(SC(=Cc4ccc(C(=C5SC6=C(SCCS6)S5)c5ccc(C=C6SC7=C(S6)SC(=C6SC(SCCCCCC)=C(SCCCCCC)S6)S7)s5)s4)S3)S2)S1. The molecule has 10 rings (SSSR count). The summed E-state index contributed by atoms with van der Waals surface area (Å²) in [6.45, 7) is 9.25. The topological polar surface area (TPSA) is 0 Å². The molecule has 0 saturated heterocycles. The molecule has 0 unspecified atom stereocenters. The Kier molecular flexibility index (Phi) is 27.5. The summed E-state index contributed by atoms with van der Waals surface area (Å²) < 4.78 is 25.5. The van der Waals surface area contributed by atoms with E-state index in [9.17, 15) is 0 Å². The second-order valence-corrected chi connectivity index (χ2v) is 45.4. The van der Waals surface area contributed by atoms with Crippen molar-refractivity contribution in [3.8, 4) is 0 Å². The van der Waals surface area contributed by atoms with E-state index >= 15 is 0 Å². The lowest BCUT2D eigenvalue weighted by Crippen LogP contribution is -1.88. The maximum Gasteiger partial charge on any atom is 0.0718 e. The highest BCUT2D eigenvalue weighted by molar-refractivity contribution is 8.51. The van der Waals surface area contributed by atoms with Gasteiger partial charge in [0.25, 0.3) is 0 Å². The number of hydrogen-bond acceptors (Lipinski definition) is 22.